The molecule has 2 unspecified atom stereocenters. The Kier molecular flexibility index (Phi) is 9.20. The van der Waals surface area contributed by atoms with Crippen molar-refractivity contribution in [2.45, 2.75) is 65.4 Å². The van der Waals surface area contributed by atoms with Crippen molar-refractivity contribution < 1.29 is 18.3 Å². The van der Waals surface area contributed by atoms with Crippen LogP contribution in [0.2, 0.25) is 10.1 Å². The Morgan fingerprint density at radius 3 is 2.12 bits per heavy atom. The molecular weight excluding hydrogens is 601 g/mol. The molecule has 6 nitrogen and oxygen atoms in total. The van der Waals surface area contributed by atoms with E-state index in [-0.39, 0.29) is 34.6 Å². The Hall–Kier alpha value is -2.95. The zero-order chi connectivity index (χ0) is 30.9. The lowest BCUT2D eigenvalue weighted by atomic mass is 10.1. The number of carbonyl (C=O) groups is 1. The van der Waals surface area contributed by atoms with Gasteiger partial charge in [0, 0.05) is 19.3 Å². The maximum absolute atomic E-state index is 16.0. The topological polar surface area (TPSA) is 64.5 Å². The molecule has 4 aromatic rings. The van der Waals surface area contributed by atoms with Crippen LogP contribution in [0.3, 0.4) is 0 Å². The molecule has 0 spiro atoms. The maximum atomic E-state index is 16.0. The zero-order valence-corrected chi connectivity index (χ0v) is 27.9. The molecule has 0 saturated carbocycles. The number of aromatic nitrogens is 2. The van der Waals surface area contributed by atoms with Crippen molar-refractivity contribution in [3.8, 4) is 0 Å². The highest BCUT2D eigenvalue weighted by Gasteiger charge is 2.50. The van der Waals surface area contributed by atoms with Crippen molar-refractivity contribution in [3.63, 3.8) is 0 Å². The van der Waals surface area contributed by atoms with Gasteiger partial charge in [-0.05, 0) is 36.2 Å². The maximum Gasteiger partial charge on any atom is 0.261 e. The first kappa shape index (κ1) is 31.5. The Bertz CT molecular complexity index is 1550. The van der Waals surface area contributed by atoms with Crippen molar-refractivity contribution in [2.75, 3.05) is 18.0 Å². The summed E-state index contributed by atoms with van der Waals surface area (Å²) in [7, 11) is -2.98. The van der Waals surface area contributed by atoms with Gasteiger partial charge in [0.05, 0.1) is 40.1 Å². The Morgan fingerprint density at radius 2 is 1.63 bits per heavy atom. The molecular formula is C33H37ClFN3O3SSi. The van der Waals surface area contributed by atoms with Gasteiger partial charge in [-0.25, -0.2) is 14.4 Å². The highest BCUT2D eigenvalue weighted by atomic mass is 35.5. The number of nitrogens with zero attached hydrogens (tertiary/aromatic N) is 3. The minimum atomic E-state index is -2.98. The van der Waals surface area contributed by atoms with E-state index in [0.29, 0.717) is 34.4 Å². The van der Waals surface area contributed by atoms with E-state index >= 15 is 4.39 Å². The van der Waals surface area contributed by atoms with E-state index in [9.17, 15) is 4.79 Å². The molecule has 1 aliphatic rings. The fourth-order valence-corrected chi connectivity index (χ4v) is 11.6. The molecule has 0 bridgehead atoms. The number of ether oxygens (including phenoxy) is 1. The van der Waals surface area contributed by atoms with Crippen LogP contribution in [-0.2, 0) is 15.8 Å². The molecule has 226 valence electrons. The second kappa shape index (κ2) is 12.6. The fourth-order valence-electron chi connectivity index (χ4n) is 6.03. The third-order valence-corrected chi connectivity index (χ3v) is 14.0. The van der Waals surface area contributed by atoms with Crippen LogP contribution in [0.15, 0.2) is 66.9 Å². The van der Waals surface area contributed by atoms with E-state index in [1.165, 1.54) is 17.5 Å². The Labute approximate surface area is 263 Å². The molecule has 2 aromatic heterocycles. The number of aryl methyl sites for hydroxylation is 1. The number of hydrogen-bond acceptors (Lipinski definition) is 7. The van der Waals surface area contributed by atoms with E-state index < -0.39 is 19.9 Å². The molecule has 2 atom stereocenters. The predicted molar refractivity (Wildman–Crippen MR) is 174 cm³/mol. The number of pyridine rings is 1. The first-order chi connectivity index (χ1) is 20.4. The van der Waals surface area contributed by atoms with Gasteiger partial charge in [-0.15, -0.1) is 11.3 Å². The van der Waals surface area contributed by atoms with Crippen LogP contribution in [0.5, 0.6) is 0 Å². The van der Waals surface area contributed by atoms with Gasteiger partial charge in [0.15, 0.2) is 5.82 Å². The lowest BCUT2D eigenvalue weighted by Crippen LogP contribution is -2.66. The largest absolute Gasteiger partial charge is 0.401 e. The predicted octanol–water partition coefficient (Wildman–Crippen LogP) is 6.56. The number of benzene rings is 2. The molecule has 0 aliphatic carbocycles. The van der Waals surface area contributed by atoms with Crippen molar-refractivity contribution in [2.24, 2.45) is 0 Å². The van der Waals surface area contributed by atoms with Crippen LogP contribution >= 0.6 is 22.9 Å². The average Bonchev–Trinajstić information content (AvgIpc) is 3.41. The normalized spacial score (nSPS) is 17.7. The second-order valence-electron chi connectivity index (χ2n) is 12.1. The van der Waals surface area contributed by atoms with Gasteiger partial charge in [0.1, 0.15) is 10.7 Å². The molecule has 2 aromatic carbocycles. The molecule has 3 heterocycles. The summed E-state index contributed by atoms with van der Waals surface area (Å²) in [5.41, 5.74) is 0.536. The summed E-state index contributed by atoms with van der Waals surface area (Å²) in [5.74, 6) is -1.39. The number of ketones is 1. The van der Waals surface area contributed by atoms with Crippen molar-refractivity contribution in [1.29, 1.82) is 0 Å². The van der Waals surface area contributed by atoms with E-state index in [1.54, 1.807) is 6.92 Å². The summed E-state index contributed by atoms with van der Waals surface area (Å²) < 4.78 is 29.2. The van der Waals surface area contributed by atoms with Crippen molar-refractivity contribution in [1.82, 2.24) is 9.97 Å². The molecule has 10 heteroatoms. The van der Waals surface area contributed by atoms with E-state index in [4.69, 9.17) is 25.7 Å². The third-order valence-electron chi connectivity index (χ3n) is 7.77. The van der Waals surface area contributed by atoms with Gasteiger partial charge < -0.3 is 14.1 Å². The molecule has 0 amide bonds. The summed E-state index contributed by atoms with van der Waals surface area (Å²) in [4.78, 5) is 24.7. The third kappa shape index (κ3) is 6.19. The fraction of sp³-hybridized carbons (Fsp3) is 0.364. The van der Waals surface area contributed by atoms with Gasteiger partial charge in [-0.1, -0.05) is 93.0 Å². The SMILES string of the molecule is Cc1ncc(C(=O)c2nc(CO[Si](c3ccccc3)(c3ccccc3)C(C)(C)C)c(N3CC(C)OC(C)C3)c(Cl)c2F)s1. The Morgan fingerprint density at radius 1 is 1.07 bits per heavy atom. The van der Waals surface area contributed by atoms with Crippen LogP contribution in [-0.4, -0.2) is 49.4 Å². The van der Waals surface area contributed by atoms with E-state index in [2.05, 4.69) is 50.0 Å². The minimum absolute atomic E-state index is 0.0325. The zero-order valence-electron chi connectivity index (χ0n) is 25.4. The molecule has 43 heavy (non-hydrogen) atoms. The molecule has 1 aliphatic heterocycles. The van der Waals surface area contributed by atoms with Crippen LogP contribution in [0.4, 0.5) is 10.1 Å². The summed E-state index contributed by atoms with van der Waals surface area (Å²) in [5, 5.41) is 2.49. The van der Waals surface area contributed by atoms with Gasteiger partial charge in [-0.3, -0.25) is 4.79 Å². The lowest BCUT2D eigenvalue weighted by Gasteiger charge is -2.43. The van der Waals surface area contributed by atoms with Gasteiger partial charge in [0.25, 0.3) is 8.32 Å². The second-order valence-corrected chi connectivity index (χ2v) is 18.0. The Balaban J connectivity index is 1.68. The minimum Gasteiger partial charge on any atom is -0.401 e. The molecule has 1 fully saturated rings. The van der Waals surface area contributed by atoms with Crippen LogP contribution in [0.25, 0.3) is 0 Å². The summed E-state index contributed by atoms with van der Waals surface area (Å²) >= 11 is 8.03. The van der Waals surface area contributed by atoms with Crippen LogP contribution in [0.1, 0.15) is 60.7 Å². The van der Waals surface area contributed by atoms with Gasteiger partial charge in [-0.2, -0.15) is 0 Å². The van der Waals surface area contributed by atoms with Crippen molar-refractivity contribution >= 4 is 53.1 Å². The molecule has 0 radical (unpaired) electrons. The number of thiazole rings is 1. The summed E-state index contributed by atoms with van der Waals surface area (Å²) in [6.07, 6.45) is 1.25. The number of carbonyl (C=O) groups excluding carboxylic acids is 1. The van der Waals surface area contributed by atoms with Gasteiger partial charge in [0.2, 0.25) is 5.78 Å². The van der Waals surface area contributed by atoms with E-state index in [1.807, 2.05) is 55.1 Å². The molecule has 5 rings (SSSR count). The number of halogens is 2. The molecule has 1 saturated heterocycles. The smallest absolute Gasteiger partial charge is 0.261 e. The summed E-state index contributed by atoms with van der Waals surface area (Å²) in [6, 6.07) is 20.5. The van der Waals surface area contributed by atoms with Gasteiger partial charge >= 0.3 is 0 Å². The summed E-state index contributed by atoms with van der Waals surface area (Å²) in [6.45, 7) is 13.4. The first-order valence-electron chi connectivity index (χ1n) is 14.4. The van der Waals surface area contributed by atoms with Crippen LogP contribution in [0, 0.1) is 12.7 Å². The van der Waals surface area contributed by atoms with Crippen LogP contribution < -0.4 is 15.3 Å². The monoisotopic (exact) mass is 637 g/mol. The lowest BCUT2D eigenvalue weighted by molar-refractivity contribution is -0.00535. The highest BCUT2D eigenvalue weighted by molar-refractivity contribution is 7.13. The number of morpholine rings is 1. The van der Waals surface area contributed by atoms with E-state index in [0.717, 1.165) is 10.4 Å². The highest BCUT2D eigenvalue weighted by Crippen LogP contribution is 2.40. The quantitative estimate of drug-likeness (QED) is 0.161. The standard InChI is InChI=1S/C33H37ClFN3O3SSi/c1-21-18-38(19-22(2)41-21)31-26(37-30(29(35)28(31)34)32(39)27-17-36-23(3)42-27)20-40-43(33(4,5)6,24-13-9-7-10-14-24)25-15-11-8-12-16-25/h7-17,21-22H,18-20H2,1-6H3. The average molecular weight is 638 g/mol. The number of rotatable bonds is 8. The molecule has 0 N–H and O–H groups in total. The first-order valence-corrected chi connectivity index (χ1v) is 17.5. The van der Waals surface area contributed by atoms with Crippen molar-refractivity contribution in [3.05, 3.63) is 99.0 Å². The number of anilines is 1. The number of hydrogen-bond donors (Lipinski definition) is 0.